The first-order valence-electron chi connectivity index (χ1n) is 8.12. The maximum Gasteiger partial charge on any atom is 0.449 e. The average molecular weight is 456 g/mol. The SMILES string of the molecule is COc1ccc(N/C(=N/c2cc([S+]([O-])CC(F)(F)F)c(C)cc2F)C(F)(F)F)cc1. The van der Waals surface area contributed by atoms with Gasteiger partial charge in [-0.25, -0.2) is 9.38 Å². The molecule has 0 aliphatic carbocycles. The summed E-state index contributed by atoms with van der Waals surface area (Å²) in [6, 6.07) is 6.57. The summed E-state index contributed by atoms with van der Waals surface area (Å²) in [5.74, 6) is -4.16. The number of nitrogens with one attached hydrogen (secondary N) is 1. The van der Waals surface area contributed by atoms with Crippen LogP contribution in [0.15, 0.2) is 46.3 Å². The second-order valence-corrected chi connectivity index (χ2v) is 7.41. The molecule has 0 aliphatic rings. The molecule has 12 heteroatoms. The van der Waals surface area contributed by atoms with Gasteiger partial charge >= 0.3 is 12.4 Å². The first-order chi connectivity index (χ1) is 13.8. The van der Waals surface area contributed by atoms with Crippen LogP contribution < -0.4 is 10.1 Å². The molecule has 0 saturated heterocycles. The van der Waals surface area contributed by atoms with Crippen LogP contribution in [0.1, 0.15) is 5.56 Å². The second-order valence-electron chi connectivity index (χ2n) is 5.99. The van der Waals surface area contributed by atoms with Crippen LogP contribution in [-0.2, 0) is 11.2 Å². The zero-order valence-corrected chi connectivity index (χ0v) is 16.3. The molecule has 2 aromatic rings. The topological polar surface area (TPSA) is 56.7 Å². The zero-order valence-electron chi connectivity index (χ0n) is 15.5. The summed E-state index contributed by atoms with van der Waals surface area (Å²) in [4.78, 5) is 2.75. The highest BCUT2D eigenvalue weighted by atomic mass is 32.2. The Bertz CT molecular complexity index is 912. The van der Waals surface area contributed by atoms with Crippen molar-refractivity contribution < 1.29 is 40.0 Å². The van der Waals surface area contributed by atoms with Gasteiger partial charge in [0.1, 0.15) is 17.3 Å². The molecule has 0 saturated carbocycles. The molecule has 0 heterocycles. The van der Waals surface area contributed by atoms with Crippen molar-refractivity contribution in [3.8, 4) is 5.75 Å². The van der Waals surface area contributed by atoms with Crippen LogP contribution in [0.3, 0.4) is 0 Å². The molecule has 0 amide bonds. The van der Waals surface area contributed by atoms with E-state index in [9.17, 15) is 35.3 Å². The molecule has 4 nitrogen and oxygen atoms in total. The lowest BCUT2D eigenvalue weighted by Crippen LogP contribution is -2.30. The lowest BCUT2D eigenvalue weighted by Gasteiger charge is -2.16. The molecular weight excluding hydrogens is 441 g/mol. The quantitative estimate of drug-likeness (QED) is 0.279. The first-order valence-corrected chi connectivity index (χ1v) is 9.44. The predicted molar refractivity (Wildman–Crippen MR) is 98.2 cm³/mol. The molecule has 164 valence electrons. The minimum atomic E-state index is -5.04. The summed E-state index contributed by atoms with van der Waals surface area (Å²) in [7, 11) is 1.37. The summed E-state index contributed by atoms with van der Waals surface area (Å²) in [5.41, 5.74) is -1.05. The van der Waals surface area contributed by atoms with Crippen LogP contribution in [0.2, 0.25) is 0 Å². The van der Waals surface area contributed by atoms with Crippen molar-refractivity contribution in [2.45, 2.75) is 24.2 Å². The lowest BCUT2D eigenvalue weighted by atomic mass is 10.2. The van der Waals surface area contributed by atoms with Crippen LogP contribution in [0.5, 0.6) is 5.75 Å². The zero-order chi connectivity index (χ0) is 22.7. The Labute approximate surface area is 169 Å². The number of halogens is 7. The minimum absolute atomic E-state index is 0.0414. The van der Waals surface area contributed by atoms with Gasteiger partial charge in [-0.2, -0.15) is 26.3 Å². The average Bonchev–Trinajstić information content (AvgIpc) is 2.61. The minimum Gasteiger partial charge on any atom is -0.611 e. The monoisotopic (exact) mass is 456 g/mol. The van der Waals surface area contributed by atoms with E-state index in [0.717, 1.165) is 0 Å². The van der Waals surface area contributed by atoms with E-state index in [1.54, 1.807) is 0 Å². The third-order valence-corrected chi connectivity index (χ3v) is 5.16. The maximum atomic E-state index is 14.2. The third kappa shape index (κ3) is 6.52. The molecule has 0 aromatic heterocycles. The first kappa shape index (κ1) is 23.8. The number of rotatable bonds is 5. The normalized spacial score (nSPS) is 13.9. The van der Waals surface area contributed by atoms with E-state index >= 15 is 0 Å². The lowest BCUT2D eigenvalue weighted by molar-refractivity contribution is -0.106. The van der Waals surface area contributed by atoms with E-state index in [-0.39, 0.29) is 11.3 Å². The van der Waals surface area contributed by atoms with Gasteiger partial charge < -0.3 is 14.6 Å². The fraction of sp³-hybridized carbons (Fsp3) is 0.278. The van der Waals surface area contributed by atoms with Crippen molar-refractivity contribution in [1.82, 2.24) is 0 Å². The molecule has 2 rings (SSSR count). The highest BCUT2D eigenvalue weighted by Crippen LogP contribution is 2.31. The molecule has 0 aliphatic heterocycles. The van der Waals surface area contributed by atoms with E-state index in [1.807, 2.05) is 5.32 Å². The molecule has 0 fully saturated rings. The Hall–Kier alpha value is -2.47. The number of aliphatic imine (C=N–C) groups is 1. The summed E-state index contributed by atoms with van der Waals surface area (Å²) in [5, 5.41) is 1.99. The Morgan fingerprint density at radius 2 is 1.70 bits per heavy atom. The number of benzene rings is 2. The number of anilines is 1. The van der Waals surface area contributed by atoms with Crippen molar-refractivity contribution >= 4 is 28.4 Å². The molecular formula is C18H15F7N2O2S. The predicted octanol–water partition coefficient (Wildman–Crippen LogP) is 5.52. The Balaban J connectivity index is 2.45. The van der Waals surface area contributed by atoms with Gasteiger partial charge in [0.15, 0.2) is 4.90 Å². The van der Waals surface area contributed by atoms with Gasteiger partial charge in [0.2, 0.25) is 11.6 Å². The van der Waals surface area contributed by atoms with Gasteiger partial charge in [0.25, 0.3) is 0 Å². The molecule has 30 heavy (non-hydrogen) atoms. The number of methoxy groups -OCH3 is 1. The number of amidine groups is 1. The molecule has 1 unspecified atom stereocenters. The smallest absolute Gasteiger partial charge is 0.449 e. The van der Waals surface area contributed by atoms with Gasteiger partial charge in [-0.1, -0.05) is 0 Å². The molecule has 0 radical (unpaired) electrons. The number of nitrogens with zero attached hydrogens (tertiary/aromatic N) is 1. The fourth-order valence-electron chi connectivity index (χ4n) is 2.29. The number of alkyl halides is 6. The van der Waals surface area contributed by atoms with E-state index in [2.05, 4.69) is 4.99 Å². The van der Waals surface area contributed by atoms with Crippen molar-refractivity contribution in [3.05, 3.63) is 47.8 Å². The van der Waals surface area contributed by atoms with Crippen LogP contribution in [0.4, 0.5) is 42.1 Å². The Kier molecular flexibility index (Phi) is 7.24. The van der Waals surface area contributed by atoms with Crippen molar-refractivity contribution in [3.63, 3.8) is 0 Å². The van der Waals surface area contributed by atoms with Crippen molar-refractivity contribution in [1.29, 1.82) is 0 Å². The summed E-state index contributed by atoms with van der Waals surface area (Å²) in [6.07, 6.45) is -9.81. The second kappa shape index (κ2) is 9.13. The van der Waals surface area contributed by atoms with E-state index in [4.69, 9.17) is 4.74 Å². The Morgan fingerprint density at radius 1 is 1.10 bits per heavy atom. The highest BCUT2D eigenvalue weighted by Gasteiger charge is 2.38. The van der Waals surface area contributed by atoms with E-state index in [1.165, 1.54) is 38.3 Å². The van der Waals surface area contributed by atoms with Gasteiger partial charge in [-0.15, -0.1) is 0 Å². The fourth-order valence-corrected chi connectivity index (χ4v) is 3.41. The number of hydrogen-bond donors (Lipinski definition) is 1. The van der Waals surface area contributed by atoms with Crippen LogP contribution in [0, 0.1) is 12.7 Å². The van der Waals surface area contributed by atoms with Gasteiger partial charge in [-0.05, 0) is 48.4 Å². The van der Waals surface area contributed by atoms with E-state index in [0.29, 0.717) is 17.9 Å². The Morgan fingerprint density at radius 3 is 2.20 bits per heavy atom. The third-order valence-electron chi connectivity index (χ3n) is 3.64. The molecule has 1 N–H and O–H groups in total. The van der Waals surface area contributed by atoms with Gasteiger partial charge in [0.05, 0.1) is 7.11 Å². The van der Waals surface area contributed by atoms with Crippen LogP contribution in [0.25, 0.3) is 0 Å². The van der Waals surface area contributed by atoms with Crippen molar-refractivity contribution in [2.75, 3.05) is 18.2 Å². The number of hydrogen-bond acceptors (Lipinski definition) is 3. The van der Waals surface area contributed by atoms with E-state index < -0.39 is 51.5 Å². The van der Waals surface area contributed by atoms with Crippen LogP contribution in [-0.4, -0.2) is 35.6 Å². The standard InChI is InChI=1S/C18H15F7N2O2S/c1-10-7-13(19)14(8-15(10)30(28)9-17(20,21)22)27-16(18(23,24)25)26-11-3-5-12(29-2)6-4-11/h3-8H,9H2,1-2H3,(H,26,27). The summed E-state index contributed by atoms with van der Waals surface area (Å²) < 4.78 is 109. The molecule has 0 bridgehead atoms. The van der Waals surface area contributed by atoms with Crippen molar-refractivity contribution in [2.24, 2.45) is 4.99 Å². The summed E-state index contributed by atoms with van der Waals surface area (Å²) in [6.45, 7) is 1.19. The highest BCUT2D eigenvalue weighted by molar-refractivity contribution is 7.91. The molecule has 1 atom stereocenters. The molecule has 2 aromatic carbocycles. The van der Waals surface area contributed by atoms with Gasteiger partial charge in [-0.3, -0.25) is 0 Å². The number of aryl methyl sites for hydroxylation is 1. The van der Waals surface area contributed by atoms with Crippen LogP contribution >= 0.6 is 0 Å². The number of ether oxygens (including phenoxy) is 1. The van der Waals surface area contributed by atoms with Gasteiger partial charge in [0, 0.05) is 17.3 Å². The molecule has 0 spiro atoms. The maximum absolute atomic E-state index is 14.2. The largest absolute Gasteiger partial charge is 0.611 e. The summed E-state index contributed by atoms with van der Waals surface area (Å²) >= 11 is -2.64.